The molecular formula is C10H20BrO3P. The van der Waals surface area contributed by atoms with Gasteiger partial charge < -0.3 is 9.05 Å². The SMILES string of the molecule is CCCCOP(=O)(/C=C\Br)OCCCC. The molecule has 0 spiro atoms. The summed E-state index contributed by atoms with van der Waals surface area (Å²) in [6, 6.07) is 0. The lowest BCUT2D eigenvalue weighted by Crippen LogP contribution is -1.97. The lowest BCUT2D eigenvalue weighted by molar-refractivity contribution is 0.208. The Hall–Kier alpha value is 0.370. The molecule has 90 valence electrons. The fourth-order valence-corrected chi connectivity index (χ4v) is 2.89. The minimum Gasteiger partial charge on any atom is -0.306 e. The smallest absolute Gasteiger partial charge is 0.306 e. The molecule has 0 atom stereocenters. The van der Waals surface area contributed by atoms with Gasteiger partial charge in [-0.15, -0.1) is 0 Å². The third kappa shape index (κ3) is 8.21. The highest BCUT2D eigenvalue weighted by Crippen LogP contribution is 2.50. The Morgan fingerprint density at radius 2 is 1.60 bits per heavy atom. The van der Waals surface area contributed by atoms with Crippen molar-refractivity contribution in [3.05, 3.63) is 10.8 Å². The second-order valence-electron chi connectivity index (χ2n) is 3.19. The van der Waals surface area contributed by atoms with Gasteiger partial charge in [-0.25, -0.2) is 0 Å². The number of hydrogen-bond donors (Lipinski definition) is 0. The maximum atomic E-state index is 12.0. The summed E-state index contributed by atoms with van der Waals surface area (Å²) in [7, 11) is -3.01. The van der Waals surface area contributed by atoms with Crippen LogP contribution in [0.15, 0.2) is 10.8 Å². The molecule has 0 N–H and O–H groups in total. The van der Waals surface area contributed by atoms with Crippen LogP contribution in [0.2, 0.25) is 0 Å². The molecule has 0 bridgehead atoms. The van der Waals surface area contributed by atoms with Gasteiger partial charge in [0.2, 0.25) is 0 Å². The van der Waals surface area contributed by atoms with Crippen molar-refractivity contribution in [3.63, 3.8) is 0 Å². The molecule has 5 heteroatoms. The first kappa shape index (κ1) is 15.4. The average molecular weight is 299 g/mol. The molecule has 0 aliphatic carbocycles. The van der Waals surface area contributed by atoms with E-state index in [-0.39, 0.29) is 0 Å². The highest BCUT2D eigenvalue weighted by atomic mass is 79.9. The number of hydrogen-bond acceptors (Lipinski definition) is 3. The predicted molar refractivity (Wildman–Crippen MR) is 67.4 cm³/mol. The van der Waals surface area contributed by atoms with E-state index in [1.54, 1.807) is 0 Å². The number of rotatable bonds is 9. The van der Waals surface area contributed by atoms with E-state index in [0.29, 0.717) is 13.2 Å². The topological polar surface area (TPSA) is 35.5 Å². The molecule has 15 heavy (non-hydrogen) atoms. The summed E-state index contributed by atoms with van der Waals surface area (Å²) in [6.07, 6.45) is 3.84. The van der Waals surface area contributed by atoms with Crippen LogP contribution < -0.4 is 0 Å². The van der Waals surface area contributed by atoms with Crippen LogP contribution in [-0.4, -0.2) is 13.2 Å². The maximum absolute atomic E-state index is 12.0. The normalized spacial score (nSPS) is 12.5. The Kier molecular flexibility index (Phi) is 9.82. The van der Waals surface area contributed by atoms with Crippen molar-refractivity contribution in [1.29, 1.82) is 0 Å². The third-order valence-corrected chi connectivity index (χ3v) is 4.05. The zero-order chi connectivity index (χ0) is 11.6. The standard InChI is InChI=1S/C10H20BrO3P/c1-3-5-8-13-15(12,10-7-11)14-9-6-4-2/h7,10H,3-6,8-9H2,1-2H3/b10-7-. The van der Waals surface area contributed by atoms with Gasteiger partial charge in [0.25, 0.3) is 0 Å². The Morgan fingerprint density at radius 1 is 1.13 bits per heavy atom. The minimum atomic E-state index is -3.01. The van der Waals surface area contributed by atoms with Crippen molar-refractivity contribution in [2.24, 2.45) is 0 Å². The molecule has 3 nitrogen and oxygen atoms in total. The summed E-state index contributed by atoms with van der Waals surface area (Å²) in [6.45, 7) is 5.09. The van der Waals surface area contributed by atoms with E-state index in [0.717, 1.165) is 25.7 Å². The monoisotopic (exact) mass is 298 g/mol. The first-order valence-electron chi connectivity index (χ1n) is 5.35. The van der Waals surface area contributed by atoms with Crippen LogP contribution in [0, 0.1) is 0 Å². The fourth-order valence-electron chi connectivity index (χ4n) is 0.865. The van der Waals surface area contributed by atoms with Gasteiger partial charge in [0.15, 0.2) is 0 Å². The molecule has 0 heterocycles. The van der Waals surface area contributed by atoms with E-state index in [1.165, 1.54) is 10.8 Å². The molecule has 0 amide bonds. The Labute approximate surface area is 101 Å². The molecule has 0 aromatic rings. The highest BCUT2D eigenvalue weighted by molar-refractivity contribution is 9.11. The van der Waals surface area contributed by atoms with E-state index >= 15 is 0 Å². The van der Waals surface area contributed by atoms with Gasteiger partial charge in [-0.2, -0.15) is 0 Å². The van der Waals surface area contributed by atoms with Crippen molar-refractivity contribution in [3.8, 4) is 0 Å². The molecule has 0 saturated carbocycles. The lowest BCUT2D eigenvalue weighted by atomic mass is 10.4. The average Bonchev–Trinajstić information content (AvgIpc) is 2.19. The van der Waals surface area contributed by atoms with Gasteiger partial charge in [0, 0.05) is 5.82 Å². The number of halogens is 1. The van der Waals surface area contributed by atoms with Gasteiger partial charge in [-0.05, 0) is 17.8 Å². The summed E-state index contributed by atoms with van der Waals surface area (Å²) < 4.78 is 22.5. The molecule has 0 radical (unpaired) electrons. The van der Waals surface area contributed by atoms with Crippen molar-refractivity contribution in [2.75, 3.05) is 13.2 Å². The maximum Gasteiger partial charge on any atom is 0.354 e. The lowest BCUT2D eigenvalue weighted by Gasteiger charge is -2.14. The van der Waals surface area contributed by atoms with Crippen molar-refractivity contribution in [2.45, 2.75) is 39.5 Å². The largest absolute Gasteiger partial charge is 0.354 e. The van der Waals surface area contributed by atoms with E-state index < -0.39 is 7.60 Å². The minimum absolute atomic E-state index is 0.483. The predicted octanol–water partition coefficient (Wildman–Crippen LogP) is 4.68. The molecule has 0 fully saturated rings. The van der Waals surface area contributed by atoms with Gasteiger partial charge in [0.05, 0.1) is 13.2 Å². The second kappa shape index (κ2) is 9.59. The molecule has 0 aliphatic rings. The fraction of sp³-hybridized carbons (Fsp3) is 0.800. The van der Waals surface area contributed by atoms with Crippen LogP contribution in [-0.2, 0) is 13.6 Å². The summed E-state index contributed by atoms with van der Waals surface area (Å²) in [5, 5.41) is 0. The molecule has 0 aromatic carbocycles. The van der Waals surface area contributed by atoms with Crippen molar-refractivity contribution < 1.29 is 13.6 Å². The zero-order valence-electron chi connectivity index (χ0n) is 9.45. The third-order valence-electron chi connectivity index (χ3n) is 1.78. The highest BCUT2D eigenvalue weighted by Gasteiger charge is 2.19. The van der Waals surface area contributed by atoms with E-state index in [4.69, 9.17) is 9.05 Å². The second-order valence-corrected chi connectivity index (χ2v) is 5.61. The molecular weight excluding hydrogens is 279 g/mol. The van der Waals surface area contributed by atoms with Crippen LogP contribution >= 0.6 is 23.5 Å². The van der Waals surface area contributed by atoms with Crippen LogP contribution in [0.5, 0.6) is 0 Å². The Balaban J connectivity index is 4.01. The quantitative estimate of drug-likeness (QED) is 0.458. The van der Waals surface area contributed by atoms with E-state index in [2.05, 4.69) is 29.8 Å². The van der Waals surface area contributed by atoms with Crippen LogP contribution in [0.25, 0.3) is 0 Å². The molecule has 0 aromatic heterocycles. The van der Waals surface area contributed by atoms with Crippen LogP contribution in [0.3, 0.4) is 0 Å². The first-order chi connectivity index (χ1) is 7.18. The summed E-state index contributed by atoms with van der Waals surface area (Å²) in [4.78, 5) is 1.53. The van der Waals surface area contributed by atoms with Crippen molar-refractivity contribution >= 4 is 23.5 Å². The van der Waals surface area contributed by atoms with Gasteiger partial charge in [0.1, 0.15) is 0 Å². The molecule has 0 saturated heterocycles. The number of unbranched alkanes of at least 4 members (excludes halogenated alkanes) is 2. The Bertz CT molecular complexity index is 205. The van der Waals surface area contributed by atoms with Gasteiger partial charge in [-0.1, -0.05) is 42.6 Å². The molecule has 0 rings (SSSR count). The first-order valence-corrected chi connectivity index (χ1v) is 7.88. The van der Waals surface area contributed by atoms with Gasteiger partial charge in [-0.3, -0.25) is 4.57 Å². The summed E-state index contributed by atoms with van der Waals surface area (Å²) in [5.41, 5.74) is 0. The van der Waals surface area contributed by atoms with Crippen molar-refractivity contribution in [1.82, 2.24) is 0 Å². The summed E-state index contributed by atoms with van der Waals surface area (Å²) >= 11 is 3.09. The van der Waals surface area contributed by atoms with Gasteiger partial charge >= 0.3 is 7.60 Å². The molecule has 0 unspecified atom stereocenters. The van der Waals surface area contributed by atoms with E-state index in [1.807, 2.05) is 0 Å². The van der Waals surface area contributed by atoms with Crippen LogP contribution in [0.4, 0.5) is 0 Å². The van der Waals surface area contributed by atoms with Crippen LogP contribution in [0.1, 0.15) is 39.5 Å². The Morgan fingerprint density at radius 3 is 1.93 bits per heavy atom. The zero-order valence-corrected chi connectivity index (χ0v) is 11.9. The van der Waals surface area contributed by atoms with E-state index in [9.17, 15) is 4.57 Å². The molecule has 0 aliphatic heterocycles. The summed E-state index contributed by atoms with van der Waals surface area (Å²) in [5.74, 6) is 1.46.